The first-order chi connectivity index (χ1) is 11.1. The zero-order valence-corrected chi connectivity index (χ0v) is 12.8. The Morgan fingerprint density at radius 1 is 1.43 bits per heavy atom. The summed E-state index contributed by atoms with van der Waals surface area (Å²) >= 11 is 0. The van der Waals surface area contributed by atoms with Crippen LogP contribution in [0.4, 0.5) is 0 Å². The molecule has 1 aromatic heterocycles. The van der Waals surface area contributed by atoms with E-state index in [-0.39, 0.29) is 31.4 Å². The molecule has 1 aliphatic heterocycles. The molecule has 1 aliphatic rings. The van der Waals surface area contributed by atoms with Crippen molar-refractivity contribution in [2.45, 2.75) is 25.0 Å². The Morgan fingerprint density at radius 3 is 2.87 bits per heavy atom. The minimum absolute atomic E-state index is 0.0326. The Kier molecular flexibility index (Phi) is 6.45. The zero-order valence-electron chi connectivity index (χ0n) is 12.8. The van der Waals surface area contributed by atoms with Gasteiger partial charge in [0.15, 0.2) is 0 Å². The summed E-state index contributed by atoms with van der Waals surface area (Å²) in [5.41, 5.74) is 0.830. The van der Waals surface area contributed by atoms with Crippen molar-refractivity contribution < 1.29 is 19.8 Å². The predicted molar refractivity (Wildman–Crippen MR) is 82.2 cm³/mol. The van der Waals surface area contributed by atoms with E-state index >= 15 is 0 Å². The average molecular weight is 322 g/mol. The standard InChI is InChI=1S/C15H22N4O4/c20-9-12(10-21)18-14(22)7-13-15(23)17-5-6-19(13)8-11-3-1-2-4-16-11/h1-4,12-13,20-21H,5-10H2,(H,17,23)(H,18,22)/t13-/m1/s1. The second-order valence-corrected chi connectivity index (χ2v) is 5.43. The number of amides is 2. The summed E-state index contributed by atoms with van der Waals surface area (Å²) in [6.45, 7) is 0.937. The summed E-state index contributed by atoms with van der Waals surface area (Å²) in [6.07, 6.45) is 1.66. The van der Waals surface area contributed by atoms with Crippen molar-refractivity contribution in [3.8, 4) is 0 Å². The van der Waals surface area contributed by atoms with Crippen LogP contribution in [0.2, 0.25) is 0 Å². The first-order valence-electron chi connectivity index (χ1n) is 7.56. The van der Waals surface area contributed by atoms with E-state index in [4.69, 9.17) is 10.2 Å². The molecule has 0 unspecified atom stereocenters. The quantitative estimate of drug-likeness (QED) is 0.473. The van der Waals surface area contributed by atoms with Crippen molar-refractivity contribution in [1.29, 1.82) is 0 Å². The Hall–Kier alpha value is -2.03. The fourth-order valence-corrected chi connectivity index (χ4v) is 2.48. The van der Waals surface area contributed by atoms with Gasteiger partial charge >= 0.3 is 0 Å². The smallest absolute Gasteiger partial charge is 0.237 e. The number of carbonyl (C=O) groups excluding carboxylic acids is 2. The van der Waals surface area contributed by atoms with Crippen LogP contribution in [0.3, 0.4) is 0 Å². The molecule has 0 bridgehead atoms. The third-order valence-corrected chi connectivity index (χ3v) is 3.72. The third-order valence-electron chi connectivity index (χ3n) is 3.72. The lowest BCUT2D eigenvalue weighted by atomic mass is 10.1. The van der Waals surface area contributed by atoms with Crippen LogP contribution in [-0.4, -0.2) is 70.3 Å². The molecule has 23 heavy (non-hydrogen) atoms. The van der Waals surface area contributed by atoms with E-state index in [0.717, 1.165) is 5.69 Å². The number of pyridine rings is 1. The van der Waals surface area contributed by atoms with Gasteiger partial charge in [-0.1, -0.05) is 6.07 Å². The molecule has 126 valence electrons. The van der Waals surface area contributed by atoms with E-state index in [1.807, 2.05) is 23.1 Å². The molecule has 4 N–H and O–H groups in total. The van der Waals surface area contributed by atoms with Crippen molar-refractivity contribution in [1.82, 2.24) is 20.5 Å². The van der Waals surface area contributed by atoms with Gasteiger partial charge in [0.25, 0.3) is 0 Å². The summed E-state index contributed by atoms with van der Waals surface area (Å²) in [6, 6.07) is 4.27. The first-order valence-corrected chi connectivity index (χ1v) is 7.56. The van der Waals surface area contributed by atoms with Gasteiger partial charge in [-0.2, -0.15) is 0 Å². The predicted octanol–water partition coefficient (Wildman–Crippen LogP) is -1.76. The van der Waals surface area contributed by atoms with Crippen LogP contribution < -0.4 is 10.6 Å². The van der Waals surface area contributed by atoms with E-state index in [1.54, 1.807) is 6.20 Å². The fourth-order valence-electron chi connectivity index (χ4n) is 2.48. The number of piperazine rings is 1. The van der Waals surface area contributed by atoms with Gasteiger partial charge in [-0.05, 0) is 12.1 Å². The summed E-state index contributed by atoms with van der Waals surface area (Å²) in [7, 11) is 0. The molecule has 1 atom stereocenters. The molecule has 1 aromatic rings. The van der Waals surface area contributed by atoms with E-state index in [0.29, 0.717) is 19.6 Å². The highest BCUT2D eigenvalue weighted by molar-refractivity contribution is 5.88. The minimum atomic E-state index is -0.710. The second kappa shape index (κ2) is 8.56. The number of aliphatic hydroxyl groups is 2. The highest BCUT2D eigenvalue weighted by atomic mass is 16.3. The normalized spacial score (nSPS) is 18.7. The number of nitrogens with zero attached hydrogens (tertiary/aromatic N) is 2. The molecule has 0 spiro atoms. The molecule has 0 aromatic carbocycles. The summed E-state index contributed by atoms with van der Waals surface area (Å²) in [4.78, 5) is 30.3. The number of hydrogen-bond acceptors (Lipinski definition) is 6. The van der Waals surface area contributed by atoms with Crippen molar-refractivity contribution in [3.05, 3.63) is 30.1 Å². The SMILES string of the molecule is O=C(C[C@@H]1C(=O)NCCN1Cc1ccccn1)NC(CO)CO. The molecule has 8 heteroatoms. The largest absolute Gasteiger partial charge is 0.394 e. The zero-order chi connectivity index (χ0) is 16.7. The fraction of sp³-hybridized carbons (Fsp3) is 0.533. The van der Waals surface area contributed by atoms with E-state index < -0.39 is 12.1 Å². The average Bonchev–Trinajstić information content (AvgIpc) is 2.57. The Labute approximate surface area is 134 Å². The van der Waals surface area contributed by atoms with Crippen molar-refractivity contribution in [2.24, 2.45) is 0 Å². The van der Waals surface area contributed by atoms with Crippen molar-refractivity contribution >= 4 is 11.8 Å². The highest BCUT2D eigenvalue weighted by Crippen LogP contribution is 2.12. The monoisotopic (exact) mass is 322 g/mol. The number of hydrogen-bond donors (Lipinski definition) is 4. The van der Waals surface area contributed by atoms with Gasteiger partial charge in [-0.3, -0.25) is 19.5 Å². The second-order valence-electron chi connectivity index (χ2n) is 5.43. The maximum absolute atomic E-state index is 12.1. The molecule has 1 saturated heterocycles. The molecule has 8 nitrogen and oxygen atoms in total. The molecule has 0 saturated carbocycles. The van der Waals surface area contributed by atoms with Crippen LogP contribution in [-0.2, 0) is 16.1 Å². The van der Waals surface area contributed by atoms with Gasteiger partial charge in [0.1, 0.15) is 0 Å². The van der Waals surface area contributed by atoms with Crippen molar-refractivity contribution in [2.75, 3.05) is 26.3 Å². The summed E-state index contributed by atoms with van der Waals surface area (Å²) in [5.74, 6) is -0.585. The maximum atomic E-state index is 12.1. The molecular weight excluding hydrogens is 300 g/mol. The van der Waals surface area contributed by atoms with Crippen LogP contribution in [0.5, 0.6) is 0 Å². The van der Waals surface area contributed by atoms with Gasteiger partial charge < -0.3 is 20.8 Å². The van der Waals surface area contributed by atoms with Gasteiger partial charge in [-0.15, -0.1) is 0 Å². The van der Waals surface area contributed by atoms with E-state index in [9.17, 15) is 9.59 Å². The van der Waals surface area contributed by atoms with Crippen molar-refractivity contribution in [3.63, 3.8) is 0 Å². The van der Waals surface area contributed by atoms with Gasteiger partial charge in [-0.25, -0.2) is 0 Å². The topological polar surface area (TPSA) is 115 Å². The number of carbonyl (C=O) groups is 2. The van der Waals surface area contributed by atoms with Crippen LogP contribution >= 0.6 is 0 Å². The minimum Gasteiger partial charge on any atom is -0.394 e. The Bertz CT molecular complexity index is 521. The summed E-state index contributed by atoms with van der Waals surface area (Å²) in [5, 5.41) is 23.3. The van der Waals surface area contributed by atoms with Crippen LogP contribution in [0, 0.1) is 0 Å². The highest BCUT2D eigenvalue weighted by Gasteiger charge is 2.32. The van der Waals surface area contributed by atoms with Gasteiger partial charge in [0.05, 0.1) is 37.4 Å². The molecule has 2 amide bonds. The molecule has 0 radical (unpaired) electrons. The number of rotatable bonds is 7. The van der Waals surface area contributed by atoms with Gasteiger partial charge in [0.2, 0.25) is 11.8 Å². The van der Waals surface area contributed by atoms with Crippen LogP contribution in [0.25, 0.3) is 0 Å². The van der Waals surface area contributed by atoms with Gasteiger partial charge in [0, 0.05) is 25.8 Å². The first kappa shape index (κ1) is 17.3. The maximum Gasteiger partial charge on any atom is 0.237 e. The number of aromatic nitrogens is 1. The molecular formula is C15H22N4O4. The molecule has 0 aliphatic carbocycles. The van der Waals surface area contributed by atoms with E-state index in [1.165, 1.54) is 0 Å². The Morgan fingerprint density at radius 2 is 2.22 bits per heavy atom. The molecule has 2 rings (SSSR count). The van der Waals surface area contributed by atoms with E-state index in [2.05, 4.69) is 15.6 Å². The number of nitrogens with one attached hydrogen (secondary N) is 2. The molecule has 2 heterocycles. The molecule has 1 fully saturated rings. The van der Waals surface area contributed by atoms with Crippen LogP contribution in [0.15, 0.2) is 24.4 Å². The Balaban J connectivity index is 2.00. The lowest BCUT2D eigenvalue weighted by molar-refractivity contribution is -0.134. The lowest BCUT2D eigenvalue weighted by Crippen LogP contribution is -2.56. The summed E-state index contributed by atoms with van der Waals surface area (Å²) < 4.78 is 0. The third kappa shape index (κ3) is 4.98. The van der Waals surface area contributed by atoms with Crippen LogP contribution in [0.1, 0.15) is 12.1 Å². The number of aliphatic hydroxyl groups excluding tert-OH is 2. The lowest BCUT2D eigenvalue weighted by Gasteiger charge is -2.34.